The fourth-order valence-electron chi connectivity index (χ4n) is 1.51. The molecule has 0 heterocycles. The van der Waals surface area contributed by atoms with Gasteiger partial charge in [0.25, 0.3) is 0 Å². The Hall–Kier alpha value is -0.690. The van der Waals surface area contributed by atoms with Crippen molar-refractivity contribution in [2.45, 2.75) is 51.9 Å². The number of rotatable bonds is 11. The zero-order valence-electron chi connectivity index (χ0n) is 12.4. The lowest BCUT2D eigenvalue weighted by molar-refractivity contribution is -0.119. The smallest absolute Gasteiger partial charge is 0.219 e. The Balaban J connectivity index is 3.63. The summed E-state index contributed by atoms with van der Waals surface area (Å²) in [6.45, 7) is 9.21. The first-order valence-electron chi connectivity index (χ1n) is 6.63. The van der Waals surface area contributed by atoms with E-state index in [-0.39, 0.29) is 25.0 Å². The highest BCUT2D eigenvalue weighted by Crippen LogP contribution is 2.07. The van der Waals surface area contributed by atoms with Crippen molar-refractivity contribution < 1.29 is 19.4 Å². The van der Waals surface area contributed by atoms with E-state index < -0.39 is 11.6 Å². The summed E-state index contributed by atoms with van der Waals surface area (Å²) in [5.41, 5.74) is 4.72. The molecule has 0 aliphatic rings. The van der Waals surface area contributed by atoms with E-state index in [0.717, 1.165) is 0 Å². The van der Waals surface area contributed by atoms with Gasteiger partial charge in [0.15, 0.2) is 0 Å². The molecular weight excluding hydrogens is 248 g/mol. The van der Waals surface area contributed by atoms with Crippen molar-refractivity contribution in [2.24, 2.45) is 5.73 Å². The summed E-state index contributed by atoms with van der Waals surface area (Å²) in [5, 5.41) is 12.8. The molecule has 1 unspecified atom stereocenters. The van der Waals surface area contributed by atoms with Gasteiger partial charge in [-0.05, 0) is 27.7 Å². The van der Waals surface area contributed by atoms with E-state index in [2.05, 4.69) is 5.32 Å². The van der Waals surface area contributed by atoms with Crippen LogP contribution in [0.1, 0.15) is 34.1 Å². The Morgan fingerprint density at radius 2 is 2.00 bits per heavy atom. The highest BCUT2D eigenvalue weighted by atomic mass is 16.5. The molecule has 0 rings (SSSR count). The van der Waals surface area contributed by atoms with E-state index in [0.29, 0.717) is 19.8 Å². The lowest BCUT2D eigenvalue weighted by atomic mass is 10.0. The van der Waals surface area contributed by atoms with Crippen molar-refractivity contribution >= 4 is 5.91 Å². The molecule has 6 heteroatoms. The number of hydrogen-bond donors (Lipinski definition) is 3. The SMILES string of the molecule is CC(C)OCCOCC(O)CNC(C)(C)CC(N)=O. The summed E-state index contributed by atoms with van der Waals surface area (Å²) in [6.07, 6.45) is -0.209. The minimum Gasteiger partial charge on any atom is -0.389 e. The third-order valence-corrected chi connectivity index (χ3v) is 2.42. The number of primary amides is 1. The zero-order chi connectivity index (χ0) is 14.9. The lowest BCUT2D eigenvalue weighted by Gasteiger charge is -2.26. The normalized spacial score (nSPS) is 13.8. The number of carbonyl (C=O) groups is 1. The summed E-state index contributed by atoms with van der Waals surface area (Å²) in [4.78, 5) is 10.8. The minimum absolute atomic E-state index is 0.185. The molecule has 0 spiro atoms. The number of ether oxygens (including phenoxy) is 2. The largest absolute Gasteiger partial charge is 0.389 e. The monoisotopic (exact) mass is 276 g/mol. The maximum atomic E-state index is 10.8. The molecule has 0 radical (unpaired) electrons. The Morgan fingerprint density at radius 3 is 2.53 bits per heavy atom. The molecule has 0 aromatic heterocycles. The third kappa shape index (κ3) is 12.1. The first-order chi connectivity index (χ1) is 8.73. The van der Waals surface area contributed by atoms with Gasteiger partial charge in [-0.15, -0.1) is 0 Å². The van der Waals surface area contributed by atoms with Crippen LogP contribution in [-0.4, -0.2) is 55.1 Å². The fourth-order valence-corrected chi connectivity index (χ4v) is 1.51. The van der Waals surface area contributed by atoms with Crippen molar-refractivity contribution in [1.29, 1.82) is 0 Å². The predicted molar refractivity (Wildman–Crippen MR) is 73.8 cm³/mol. The van der Waals surface area contributed by atoms with Gasteiger partial charge < -0.3 is 25.6 Å². The predicted octanol–water partition coefficient (Wildman–Crippen LogP) is 0.0325. The fraction of sp³-hybridized carbons (Fsp3) is 0.923. The van der Waals surface area contributed by atoms with Crippen molar-refractivity contribution in [3.8, 4) is 0 Å². The van der Waals surface area contributed by atoms with Crippen LogP contribution in [0.5, 0.6) is 0 Å². The number of carbonyl (C=O) groups excluding carboxylic acids is 1. The summed E-state index contributed by atoms with van der Waals surface area (Å²) in [7, 11) is 0. The number of aliphatic hydroxyl groups is 1. The van der Waals surface area contributed by atoms with Crippen LogP contribution in [0.25, 0.3) is 0 Å². The van der Waals surface area contributed by atoms with E-state index in [4.69, 9.17) is 15.2 Å². The maximum absolute atomic E-state index is 10.8. The van der Waals surface area contributed by atoms with Crippen molar-refractivity contribution in [3.05, 3.63) is 0 Å². The van der Waals surface area contributed by atoms with Crippen molar-refractivity contribution in [1.82, 2.24) is 5.32 Å². The van der Waals surface area contributed by atoms with Gasteiger partial charge >= 0.3 is 0 Å². The van der Waals surface area contributed by atoms with Gasteiger partial charge in [-0.1, -0.05) is 0 Å². The molecule has 6 nitrogen and oxygen atoms in total. The molecule has 0 aromatic carbocycles. The summed E-state index contributed by atoms with van der Waals surface area (Å²) in [6, 6.07) is 0. The third-order valence-electron chi connectivity index (χ3n) is 2.42. The van der Waals surface area contributed by atoms with Crippen LogP contribution in [0, 0.1) is 0 Å². The molecule has 0 bridgehead atoms. The second-order valence-electron chi connectivity index (χ2n) is 5.56. The molecule has 19 heavy (non-hydrogen) atoms. The molecule has 114 valence electrons. The summed E-state index contributed by atoms with van der Waals surface area (Å²) in [5.74, 6) is -0.367. The number of β-amino-alcohol motifs (C(OH)–C–C–N with tert-alkyl or cyclic N) is 1. The van der Waals surface area contributed by atoms with Crippen LogP contribution in [0.15, 0.2) is 0 Å². The Kier molecular flexibility index (Phi) is 8.92. The average molecular weight is 276 g/mol. The molecule has 0 aliphatic carbocycles. The first-order valence-corrected chi connectivity index (χ1v) is 6.63. The number of aliphatic hydroxyl groups excluding tert-OH is 1. The summed E-state index contributed by atoms with van der Waals surface area (Å²) < 4.78 is 10.6. The highest BCUT2D eigenvalue weighted by molar-refractivity contribution is 5.74. The topological polar surface area (TPSA) is 93.8 Å². The van der Waals surface area contributed by atoms with Crippen LogP contribution >= 0.6 is 0 Å². The van der Waals surface area contributed by atoms with E-state index in [1.807, 2.05) is 27.7 Å². The van der Waals surface area contributed by atoms with Crippen LogP contribution in [0.3, 0.4) is 0 Å². The van der Waals surface area contributed by atoms with Gasteiger partial charge in [-0.2, -0.15) is 0 Å². The van der Waals surface area contributed by atoms with Crippen molar-refractivity contribution in [3.63, 3.8) is 0 Å². The number of nitrogens with one attached hydrogen (secondary N) is 1. The number of hydrogen-bond acceptors (Lipinski definition) is 5. The number of nitrogens with two attached hydrogens (primary N) is 1. The van der Waals surface area contributed by atoms with E-state index in [9.17, 15) is 9.90 Å². The van der Waals surface area contributed by atoms with Crippen LogP contribution in [0.2, 0.25) is 0 Å². The molecule has 0 aromatic rings. The molecule has 1 amide bonds. The Morgan fingerprint density at radius 1 is 1.37 bits per heavy atom. The Labute approximate surface area is 115 Å². The molecule has 0 saturated heterocycles. The minimum atomic E-state index is -0.619. The summed E-state index contributed by atoms with van der Waals surface area (Å²) >= 11 is 0. The van der Waals surface area contributed by atoms with E-state index >= 15 is 0 Å². The van der Waals surface area contributed by atoms with Crippen LogP contribution in [0.4, 0.5) is 0 Å². The van der Waals surface area contributed by atoms with Gasteiger partial charge in [0, 0.05) is 18.5 Å². The van der Waals surface area contributed by atoms with Gasteiger partial charge in [0.1, 0.15) is 0 Å². The molecule has 0 fully saturated rings. The van der Waals surface area contributed by atoms with E-state index in [1.165, 1.54) is 0 Å². The van der Waals surface area contributed by atoms with Crippen LogP contribution in [-0.2, 0) is 14.3 Å². The quantitative estimate of drug-likeness (QED) is 0.463. The van der Waals surface area contributed by atoms with Gasteiger partial charge in [0.2, 0.25) is 5.91 Å². The molecular formula is C13H28N2O4. The Bertz CT molecular complexity index is 257. The number of amides is 1. The molecule has 0 saturated carbocycles. The van der Waals surface area contributed by atoms with Crippen LogP contribution < -0.4 is 11.1 Å². The first kappa shape index (κ1) is 18.3. The van der Waals surface area contributed by atoms with Gasteiger partial charge in [-0.25, -0.2) is 0 Å². The zero-order valence-corrected chi connectivity index (χ0v) is 12.4. The average Bonchev–Trinajstić information content (AvgIpc) is 2.24. The van der Waals surface area contributed by atoms with Gasteiger partial charge in [0.05, 0.1) is 32.0 Å². The van der Waals surface area contributed by atoms with E-state index in [1.54, 1.807) is 0 Å². The maximum Gasteiger partial charge on any atom is 0.219 e. The second kappa shape index (κ2) is 9.25. The van der Waals surface area contributed by atoms with Crippen molar-refractivity contribution in [2.75, 3.05) is 26.4 Å². The van der Waals surface area contributed by atoms with Gasteiger partial charge in [-0.3, -0.25) is 4.79 Å². The standard InChI is InChI=1S/C13H28N2O4/c1-10(2)19-6-5-18-9-11(16)8-15-13(3,4)7-12(14)17/h10-11,15-16H,5-9H2,1-4H3,(H2,14,17). The molecule has 0 aliphatic heterocycles. The molecule has 1 atom stereocenters. The molecule has 4 N–H and O–H groups in total. The highest BCUT2D eigenvalue weighted by Gasteiger charge is 2.20. The second-order valence-corrected chi connectivity index (χ2v) is 5.56. The lowest BCUT2D eigenvalue weighted by Crippen LogP contribution is -2.46.